The highest BCUT2D eigenvalue weighted by Gasteiger charge is 2.02. The van der Waals surface area contributed by atoms with E-state index in [1.165, 1.54) is 5.56 Å². The Morgan fingerprint density at radius 3 is 2.59 bits per heavy atom. The van der Waals surface area contributed by atoms with Gasteiger partial charge in [0.2, 0.25) is 0 Å². The Bertz CT molecular complexity index is 522. The summed E-state index contributed by atoms with van der Waals surface area (Å²) in [4.78, 5) is 10.7. The van der Waals surface area contributed by atoms with Gasteiger partial charge in [-0.3, -0.25) is 0 Å². The summed E-state index contributed by atoms with van der Waals surface area (Å²) in [6, 6.07) is 8.78. The highest BCUT2D eigenvalue weighted by Crippen LogP contribution is 2.21. The topological polar surface area (TPSA) is 49.3 Å². The Morgan fingerprint density at radius 2 is 2.06 bits per heavy atom. The lowest BCUT2D eigenvalue weighted by Gasteiger charge is -2.04. The summed E-state index contributed by atoms with van der Waals surface area (Å²) in [7, 11) is 0. The zero-order chi connectivity index (χ0) is 12.3. The zero-order valence-corrected chi connectivity index (χ0v) is 11.2. The molecule has 5 heteroatoms. The molecule has 0 unspecified atom stereocenters. The maximum atomic E-state index is 10.7. The van der Waals surface area contributed by atoms with Crippen LogP contribution in [0.5, 0.6) is 0 Å². The van der Waals surface area contributed by atoms with E-state index in [2.05, 4.69) is 32.7 Å². The van der Waals surface area contributed by atoms with Gasteiger partial charge >= 0.3 is 5.97 Å². The molecule has 0 aliphatic carbocycles. The fourth-order valence-electron chi connectivity index (χ4n) is 1.37. The van der Waals surface area contributed by atoms with Crippen molar-refractivity contribution in [2.75, 3.05) is 5.32 Å². The lowest BCUT2D eigenvalue weighted by atomic mass is 10.2. The quantitative estimate of drug-likeness (QED) is 0.902. The molecule has 3 nitrogen and oxygen atoms in total. The predicted molar refractivity (Wildman–Crippen MR) is 72.7 cm³/mol. The van der Waals surface area contributed by atoms with E-state index >= 15 is 0 Å². The molecule has 0 radical (unpaired) electrons. The van der Waals surface area contributed by atoms with Crippen LogP contribution in [0.1, 0.15) is 15.9 Å². The molecule has 1 aromatic carbocycles. The van der Waals surface area contributed by atoms with Crippen LogP contribution in [0.4, 0.5) is 5.69 Å². The monoisotopic (exact) mass is 311 g/mol. The molecule has 0 aliphatic heterocycles. The number of hydrogen-bond donors (Lipinski definition) is 2. The van der Waals surface area contributed by atoms with Gasteiger partial charge < -0.3 is 10.4 Å². The van der Waals surface area contributed by atoms with Crippen LogP contribution < -0.4 is 5.32 Å². The van der Waals surface area contributed by atoms with E-state index in [1.807, 2.05) is 0 Å². The summed E-state index contributed by atoms with van der Waals surface area (Å²) in [6.07, 6.45) is 0. The average Bonchev–Trinajstić information content (AvgIpc) is 2.73. The smallest absolute Gasteiger partial charge is 0.335 e. The second kappa shape index (κ2) is 5.33. The molecular formula is C12H10BrNO2S. The highest BCUT2D eigenvalue weighted by molar-refractivity contribution is 9.11. The zero-order valence-electron chi connectivity index (χ0n) is 8.81. The Balaban J connectivity index is 1.97. The molecule has 2 rings (SSSR count). The summed E-state index contributed by atoms with van der Waals surface area (Å²) in [5.74, 6) is -0.904. The van der Waals surface area contributed by atoms with E-state index in [-0.39, 0.29) is 0 Å². The Labute approximate surface area is 111 Å². The van der Waals surface area contributed by atoms with Crippen LogP contribution in [0.3, 0.4) is 0 Å². The average molecular weight is 312 g/mol. The molecule has 88 valence electrons. The molecule has 17 heavy (non-hydrogen) atoms. The van der Waals surface area contributed by atoms with Crippen molar-refractivity contribution in [1.29, 1.82) is 0 Å². The second-order valence-corrected chi connectivity index (χ2v) is 5.79. The van der Waals surface area contributed by atoms with Crippen LogP contribution >= 0.6 is 27.3 Å². The first-order chi connectivity index (χ1) is 8.15. The molecule has 1 heterocycles. The Kier molecular flexibility index (Phi) is 3.81. The van der Waals surface area contributed by atoms with E-state index < -0.39 is 5.97 Å². The van der Waals surface area contributed by atoms with Crippen molar-refractivity contribution in [1.82, 2.24) is 0 Å². The van der Waals surface area contributed by atoms with Crippen LogP contribution in [0, 0.1) is 0 Å². The second-order valence-electron chi connectivity index (χ2n) is 3.50. The maximum Gasteiger partial charge on any atom is 0.335 e. The van der Waals surface area contributed by atoms with Crippen molar-refractivity contribution in [2.24, 2.45) is 0 Å². The fourth-order valence-corrected chi connectivity index (χ4v) is 2.58. The van der Waals surface area contributed by atoms with Gasteiger partial charge in [-0.05, 0) is 57.2 Å². The van der Waals surface area contributed by atoms with Crippen LogP contribution in [-0.4, -0.2) is 11.1 Å². The summed E-state index contributed by atoms with van der Waals surface area (Å²) in [6.45, 7) is 0.731. The fraction of sp³-hybridized carbons (Fsp3) is 0.0833. The lowest BCUT2D eigenvalue weighted by Crippen LogP contribution is -1.99. The molecule has 0 saturated carbocycles. The first-order valence-corrected chi connectivity index (χ1v) is 6.62. The third-order valence-electron chi connectivity index (χ3n) is 2.25. The lowest BCUT2D eigenvalue weighted by molar-refractivity contribution is 0.0697. The number of thiophene rings is 1. The highest BCUT2D eigenvalue weighted by atomic mass is 79.9. The van der Waals surface area contributed by atoms with Crippen LogP contribution in [0.25, 0.3) is 0 Å². The van der Waals surface area contributed by atoms with Gasteiger partial charge in [-0.2, -0.15) is 0 Å². The minimum absolute atomic E-state index is 0.300. The molecule has 0 aliphatic rings. The molecule has 0 saturated heterocycles. The third-order valence-corrected chi connectivity index (χ3v) is 3.80. The number of aromatic carboxylic acids is 1. The van der Waals surface area contributed by atoms with Gasteiger partial charge in [-0.25, -0.2) is 4.79 Å². The number of rotatable bonds is 4. The molecule has 0 bridgehead atoms. The Morgan fingerprint density at radius 1 is 1.35 bits per heavy atom. The largest absolute Gasteiger partial charge is 0.478 e. The normalized spacial score (nSPS) is 10.2. The number of nitrogens with one attached hydrogen (secondary N) is 1. The number of carboxylic acid groups (broad SMARTS) is 1. The molecule has 2 N–H and O–H groups in total. The summed E-state index contributed by atoms with van der Waals surface area (Å²) in [5.41, 5.74) is 2.41. The van der Waals surface area contributed by atoms with E-state index in [9.17, 15) is 4.79 Å². The number of anilines is 1. The van der Waals surface area contributed by atoms with Crippen LogP contribution in [0.2, 0.25) is 0 Å². The maximum absolute atomic E-state index is 10.7. The number of carboxylic acids is 1. The van der Waals surface area contributed by atoms with Crippen molar-refractivity contribution >= 4 is 38.9 Å². The van der Waals surface area contributed by atoms with Gasteiger partial charge in [-0.15, -0.1) is 11.3 Å². The van der Waals surface area contributed by atoms with E-state index in [4.69, 9.17) is 5.11 Å². The minimum Gasteiger partial charge on any atom is -0.478 e. The molecule has 2 aromatic rings. The van der Waals surface area contributed by atoms with Crippen molar-refractivity contribution in [3.63, 3.8) is 0 Å². The van der Waals surface area contributed by atoms with Gasteiger partial charge in [0, 0.05) is 12.2 Å². The number of hydrogen-bond acceptors (Lipinski definition) is 3. The summed E-state index contributed by atoms with van der Waals surface area (Å²) >= 11 is 5.05. The van der Waals surface area contributed by atoms with Gasteiger partial charge in [0.05, 0.1) is 9.35 Å². The minimum atomic E-state index is -0.904. The molecule has 1 aromatic heterocycles. The SMILES string of the molecule is O=C(O)c1ccc(NCc2csc(Br)c2)cc1. The van der Waals surface area contributed by atoms with E-state index in [0.717, 1.165) is 16.0 Å². The summed E-state index contributed by atoms with van der Waals surface area (Å²) < 4.78 is 1.11. The van der Waals surface area contributed by atoms with Crippen LogP contribution in [0.15, 0.2) is 39.5 Å². The predicted octanol–water partition coefficient (Wildman–Crippen LogP) is 3.82. The molecule has 0 amide bonds. The van der Waals surface area contributed by atoms with Crippen molar-refractivity contribution in [2.45, 2.75) is 6.54 Å². The molecule has 0 fully saturated rings. The van der Waals surface area contributed by atoms with Crippen molar-refractivity contribution in [3.8, 4) is 0 Å². The van der Waals surface area contributed by atoms with E-state index in [0.29, 0.717) is 5.56 Å². The van der Waals surface area contributed by atoms with Crippen LogP contribution in [-0.2, 0) is 6.54 Å². The van der Waals surface area contributed by atoms with Gasteiger partial charge in [0.1, 0.15) is 0 Å². The first kappa shape index (κ1) is 12.1. The molecule has 0 atom stereocenters. The number of halogens is 1. The van der Waals surface area contributed by atoms with Gasteiger partial charge in [0.25, 0.3) is 0 Å². The summed E-state index contributed by atoms with van der Waals surface area (Å²) in [5, 5.41) is 14.1. The third kappa shape index (κ3) is 3.31. The number of benzene rings is 1. The number of carbonyl (C=O) groups is 1. The first-order valence-electron chi connectivity index (χ1n) is 4.95. The standard InChI is InChI=1S/C12H10BrNO2S/c13-11-5-8(7-17-11)6-14-10-3-1-9(2-4-10)12(15)16/h1-5,7,14H,6H2,(H,15,16). The van der Waals surface area contributed by atoms with E-state index in [1.54, 1.807) is 35.6 Å². The van der Waals surface area contributed by atoms with Gasteiger partial charge in [-0.1, -0.05) is 0 Å². The van der Waals surface area contributed by atoms with Crippen molar-refractivity contribution < 1.29 is 9.90 Å². The van der Waals surface area contributed by atoms with Gasteiger partial charge in [0.15, 0.2) is 0 Å². The molecule has 0 spiro atoms. The Hall–Kier alpha value is -1.33. The van der Waals surface area contributed by atoms with Crippen molar-refractivity contribution in [3.05, 3.63) is 50.6 Å². The molecular weight excluding hydrogens is 302 g/mol.